The molecule has 0 radical (unpaired) electrons. The van der Waals surface area contributed by atoms with E-state index in [0.29, 0.717) is 17.4 Å². The minimum atomic E-state index is -0.957. The second-order valence-corrected chi connectivity index (χ2v) is 6.80. The minimum Gasteiger partial charge on any atom is -0.491 e. The largest absolute Gasteiger partial charge is 0.491 e. The summed E-state index contributed by atoms with van der Waals surface area (Å²) in [7, 11) is 0. The number of aliphatic hydroxyl groups excluding tert-OH is 1. The third kappa shape index (κ3) is 8.36. The van der Waals surface area contributed by atoms with Gasteiger partial charge < -0.3 is 14.6 Å². The van der Waals surface area contributed by atoms with Crippen LogP contribution in [0, 0.1) is 17.6 Å². The lowest BCUT2D eigenvalue weighted by Gasteiger charge is -2.23. The van der Waals surface area contributed by atoms with Gasteiger partial charge in [0.25, 0.3) is 5.91 Å². The molecule has 2 aromatic carbocycles. The number of ether oxygens (including phenoxy) is 2. The van der Waals surface area contributed by atoms with Crippen molar-refractivity contribution < 1.29 is 38.2 Å². The predicted octanol–water partition coefficient (Wildman–Crippen LogP) is 3.88. The Bertz CT molecular complexity index is 995. The molecule has 2 aromatic rings. The number of hydrogen-bond acceptors (Lipinski definition) is 6. The monoisotopic (exact) mass is 462 g/mol. The van der Waals surface area contributed by atoms with Gasteiger partial charge in [-0.25, -0.2) is 19.1 Å². The number of amides is 2. The molecule has 0 bridgehead atoms. The van der Waals surface area contributed by atoms with Gasteiger partial charge in [-0.1, -0.05) is 37.3 Å². The van der Waals surface area contributed by atoms with Crippen LogP contribution >= 0.6 is 0 Å². The van der Waals surface area contributed by atoms with Gasteiger partial charge in [0.05, 0.1) is 12.3 Å². The van der Waals surface area contributed by atoms with E-state index in [1.807, 2.05) is 0 Å². The van der Waals surface area contributed by atoms with Crippen LogP contribution in [0.25, 0.3) is 0 Å². The number of allylic oxidation sites excluding steroid dienone is 2. The second-order valence-electron chi connectivity index (χ2n) is 6.80. The molecule has 2 atom stereocenters. The molecule has 0 aliphatic carbocycles. The third-order valence-corrected chi connectivity index (χ3v) is 4.33. The molecule has 33 heavy (non-hydrogen) atoms. The van der Waals surface area contributed by atoms with Crippen molar-refractivity contribution in [2.24, 2.45) is 5.92 Å². The number of aliphatic hydroxyl groups is 1. The smallest absolute Gasteiger partial charge is 0.412 e. The summed E-state index contributed by atoms with van der Waals surface area (Å²) in [6.45, 7) is 1.73. The van der Waals surface area contributed by atoms with Crippen molar-refractivity contribution in [1.29, 1.82) is 0 Å². The summed E-state index contributed by atoms with van der Waals surface area (Å²) in [6.07, 6.45) is 3.90. The molecule has 10 heteroatoms. The van der Waals surface area contributed by atoms with E-state index in [2.05, 4.69) is 5.32 Å². The van der Waals surface area contributed by atoms with Crippen LogP contribution in [-0.4, -0.2) is 35.5 Å². The van der Waals surface area contributed by atoms with Crippen LogP contribution in [0.15, 0.2) is 66.8 Å². The first-order chi connectivity index (χ1) is 15.8. The highest BCUT2D eigenvalue weighted by Crippen LogP contribution is 2.29. The summed E-state index contributed by atoms with van der Waals surface area (Å²) in [5.74, 6) is -2.34. The molecule has 2 rings (SSSR count). The number of hydrogen-bond donors (Lipinski definition) is 4. The molecule has 8 nitrogen and oxygen atoms in total. The van der Waals surface area contributed by atoms with Crippen molar-refractivity contribution in [2.75, 3.05) is 18.5 Å². The first-order valence-electron chi connectivity index (χ1n) is 9.89. The highest BCUT2D eigenvalue weighted by molar-refractivity contribution is 5.86. The van der Waals surface area contributed by atoms with E-state index in [1.165, 1.54) is 17.6 Å². The van der Waals surface area contributed by atoms with Gasteiger partial charge in [-0.3, -0.25) is 15.3 Å². The zero-order valence-corrected chi connectivity index (χ0v) is 17.7. The highest BCUT2D eigenvalue weighted by Gasteiger charge is 2.23. The van der Waals surface area contributed by atoms with Crippen molar-refractivity contribution in [3.8, 4) is 5.75 Å². The minimum absolute atomic E-state index is 0.123. The lowest BCUT2D eigenvalue weighted by molar-refractivity contribution is -0.124. The quantitative estimate of drug-likeness (QED) is 0.184. The van der Waals surface area contributed by atoms with E-state index < -0.39 is 35.7 Å². The summed E-state index contributed by atoms with van der Waals surface area (Å²) in [5.41, 5.74) is 1.81. The molecule has 0 fully saturated rings. The van der Waals surface area contributed by atoms with Crippen LogP contribution in [-0.2, 0) is 9.53 Å². The summed E-state index contributed by atoms with van der Waals surface area (Å²) in [5, 5.41) is 19.6. The molecule has 0 unspecified atom stereocenters. The number of benzene rings is 2. The standard InChI is InChI=1S/C23H24F2N2O6/c1-15(4-2-3-5-21(29)27-31)22(16-6-9-18(10-7-16)32-13-12-28)33-23(30)26-20-11-8-17(24)14-19(20)25/h2-11,14-15,22,28,31H,12-13H2,1H3,(H,26,30)(H,27,29)/b4-2+,5-3+/t15-,22-/m0/s1. The molecule has 0 aliphatic heterocycles. The Hall–Kier alpha value is -3.76. The molecule has 0 saturated heterocycles. The van der Waals surface area contributed by atoms with Crippen molar-refractivity contribution in [3.63, 3.8) is 0 Å². The fourth-order valence-corrected chi connectivity index (χ4v) is 2.76. The molecule has 0 aromatic heterocycles. The van der Waals surface area contributed by atoms with Crippen LogP contribution in [0.2, 0.25) is 0 Å². The maximum atomic E-state index is 13.9. The third-order valence-electron chi connectivity index (χ3n) is 4.33. The van der Waals surface area contributed by atoms with Crippen LogP contribution in [0.1, 0.15) is 18.6 Å². The maximum Gasteiger partial charge on any atom is 0.412 e. The Morgan fingerprint density at radius 3 is 2.48 bits per heavy atom. The molecular weight excluding hydrogens is 438 g/mol. The summed E-state index contributed by atoms with van der Waals surface area (Å²) in [6, 6.07) is 9.33. The normalized spacial score (nSPS) is 13.0. The molecule has 0 saturated carbocycles. The number of carbonyl (C=O) groups is 2. The van der Waals surface area contributed by atoms with E-state index in [0.717, 1.165) is 18.2 Å². The Morgan fingerprint density at radius 1 is 1.12 bits per heavy atom. The zero-order chi connectivity index (χ0) is 24.2. The number of nitrogens with one attached hydrogen (secondary N) is 2. The van der Waals surface area contributed by atoms with Gasteiger partial charge in [-0.2, -0.15) is 0 Å². The molecular formula is C23H24F2N2O6. The van der Waals surface area contributed by atoms with Gasteiger partial charge >= 0.3 is 6.09 Å². The summed E-state index contributed by atoms with van der Waals surface area (Å²) in [4.78, 5) is 23.5. The van der Waals surface area contributed by atoms with E-state index in [-0.39, 0.29) is 18.9 Å². The van der Waals surface area contributed by atoms with Gasteiger partial charge in [0.15, 0.2) is 0 Å². The Morgan fingerprint density at radius 2 is 1.85 bits per heavy atom. The van der Waals surface area contributed by atoms with Gasteiger partial charge in [0.2, 0.25) is 0 Å². The van der Waals surface area contributed by atoms with E-state index in [1.54, 1.807) is 37.3 Å². The Balaban J connectivity index is 2.19. The zero-order valence-electron chi connectivity index (χ0n) is 17.7. The van der Waals surface area contributed by atoms with Crippen LogP contribution in [0.3, 0.4) is 0 Å². The average molecular weight is 462 g/mol. The topological polar surface area (TPSA) is 117 Å². The van der Waals surface area contributed by atoms with Crippen LogP contribution < -0.4 is 15.5 Å². The molecule has 4 N–H and O–H groups in total. The molecule has 0 aliphatic rings. The van der Waals surface area contributed by atoms with Crippen molar-refractivity contribution in [2.45, 2.75) is 13.0 Å². The second kappa shape index (κ2) is 12.9. The molecule has 0 spiro atoms. The first kappa shape index (κ1) is 25.5. The van der Waals surface area contributed by atoms with Crippen LogP contribution in [0.4, 0.5) is 19.3 Å². The van der Waals surface area contributed by atoms with Crippen molar-refractivity contribution in [3.05, 3.63) is 84.0 Å². The fourth-order valence-electron chi connectivity index (χ4n) is 2.76. The highest BCUT2D eigenvalue weighted by atomic mass is 19.1. The van der Waals surface area contributed by atoms with E-state index in [9.17, 15) is 18.4 Å². The van der Waals surface area contributed by atoms with Gasteiger partial charge in [-0.15, -0.1) is 0 Å². The Labute approximate surface area is 189 Å². The lowest BCUT2D eigenvalue weighted by Crippen LogP contribution is -2.21. The predicted molar refractivity (Wildman–Crippen MR) is 116 cm³/mol. The van der Waals surface area contributed by atoms with Gasteiger partial charge in [0.1, 0.15) is 30.1 Å². The maximum absolute atomic E-state index is 13.9. The van der Waals surface area contributed by atoms with Gasteiger partial charge in [0, 0.05) is 18.1 Å². The van der Waals surface area contributed by atoms with E-state index >= 15 is 0 Å². The fraction of sp³-hybridized carbons (Fsp3) is 0.217. The SMILES string of the molecule is C[C@@H](/C=C/C=C/C(=O)NO)[C@H](OC(=O)Nc1ccc(F)cc1F)c1ccc(OCCO)cc1. The number of carbonyl (C=O) groups excluding carboxylic acids is 2. The molecule has 2 amide bonds. The Kier molecular flexibility index (Phi) is 10.00. The first-order valence-corrected chi connectivity index (χ1v) is 9.89. The number of rotatable bonds is 10. The van der Waals surface area contributed by atoms with Crippen molar-refractivity contribution >= 4 is 17.7 Å². The number of anilines is 1. The average Bonchev–Trinajstić information content (AvgIpc) is 2.80. The van der Waals surface area contributed by atoms with E-state index in [4.69, 9.17) is 19.8 Å². The van der Waals surface area contributed by atoms with Crippen molar-refractivity contribution in [1.82, 2.24) is 5.48 Å². The lowest BCUT2D eigenvalue weighted by atomic mass is 9.96. The van der Waals surface area contributed by atoms with Gasteiger partial charge in [-0.05, 0) is 29.8 Å². The summed E-state index contributed by atoms with van der Waals surface area (Å²) < 4.78 is 37.8. The molecule has 0 heterocycles. The molecule has 176 valence electrons. The number of hydroxylamine groups is 1. The van der Waals surface area contributed by atoms with Crippen LogP contribution in [0.5, 0.6) is 5.75 Å². The number of halogens is 2. The summed E-state index contributed by atoms with van der Waals surface area (Å²) >= 11 is 0.